The average Bonchev–Trinajstić information content (AvgIpc) is 2.66. The van der Waals surface area contributed by atoms with Crippen LogP contribution in [0.5, 0.6) is 11.5 Å². The Morgan fingerprint density at radius 2 is 2.33 bits per heavy atom. The van der Waals surface area contributed by atoms with E-state index in [4.69, 9.17) is 15.9 Å². The molecular weight excluding hydrogens is 260 g/mol. The standard InChI is InChI=1S/C11H9BrO3/c1-2-3-9(13)7-4-8(12)11-10(5-7)14-6-15-11/h1,4-5,9,13H,3,6H2. The summed E-state index contributed by atoms with van der Waals surface area (Å²) >= 11 is 3.35. The summed E-state index contributed by atoms with van der Waals surface area (Å²) < 4.78 is 11.2. The molecule has 0 amide bonds. The molecule has 1 aromatic carbocycles. The van der Waals surface area contributed by atoms with E-state index in [0.717, 1.165) is 10.0 Å². The number of hydrogen-bond donors (Lipinski definition) is 1. The van der Waals surface area contributed by atoms with Crippen molar-refractivity contribution in [2.45, 2.75) is 12.5 Å². The Bertz CT molecular complexity index is 423. The molecule has 1 N–H and O–H groups in total. The molecule has 1 atom stereocenters. The minimum Gasteiger partial charge on any atom is -0.454 e. The first-order chi connectivity index (χ1) is 7.22. The van der Waals surface area contributed by atoms with Crippen molar-refractivity contribution in [2.75, 3.05) is 6.79 Å². The number of aliphatic hydroxyl groups is 1. The molecule has 78 valence electrons. The van der Waals surface area contributed by atoms with E-state index in [1.807, 2.05) is 0 Å². The largest absolute Gasteiger partial charge is 0.454 e. The van der Waals surface area contributed by atoms with Gasteiger partial charge in [-0.15, -0.1) is 12.3 Å². The van der Waals surface area contributed by atoms with Gasteiger partial charge in [-0.1, -0.05) is 0 Å². The molecule has 0 radical (unpaired) electrons. The zero-order valence-electron chi connectivity index (χ0n) is 7.87. The van der Waals surface area contributed by atoms with Gasteiger partial charge in [0.25, 0.3) is 0 Å². The minimum atomic E-state index is -0.666. The van der Waals surface area contributed by atoms with Crippen LogP contribution in [0.3, 0.4) is 0 Å². The van der Waals surface area contributed by atoms with Gasteiger partial charge in [-0.3, -0.25) is 0 Å². The smallest absolute Gasteiger partial charge is 0.231 e. The predicted molar refractivity (Wildman–Crippen MR) is 58.7 cm³/mol. The summed E-state index contributed by atoms with van der Waals surface area (Å²) in [5.74, 6) is 3.72. The molecule has 0 spiro atoms. The first-order valence-electron chi connectivity index (χ1n) is 4.43. The third kappa shape index (κ3) is 1.94. The summed E-state index contributed by atoms with van der Waals surface area (Å²) in [4.78, 5) is 0. The highest BCUT2D eigenvalue weighted by molar-refractivity contribution is 9.10. The molecule has 1 heterocycles. The van der Waals surface area contributed by atoms with Crippen molar-refractivity contribution < 1.29 is 14.6 Å². The number of hydrogen-bond acceptors (Lipinski definition) is 3. The normalized spacial score (nSPS) is 14.7. The van der Waals surface area contributed by atoms with E-state index in [0.29, 0.717) is 11.5 Å². The van der Waals surface area contributed by atoms with Crippen LogP contribution < -0.4 is 9.47 Å². The van der Waals surface area contributed by atoms with Crippen LogP contribution >= 0.6 is 15.9 Å². The monoisotopic (exact) mass is 268 g/mol. The maximum Gasteiger partial charge on any atom is 0.231 e. The molecule has 0 bridgehead atoms. The topological polar surface area (TPSA) is 38.7 Å². The van der Waals surface area contributed by atoms with Crippen LogP contribution in [0, 0.1) is 12.3 Å². The van der Waals surface area contributed by atoms with E-state index in [-0.39, 0.29) is 13.2 Å². The number of rotatable bonds is 2. The summed E-state index contributed by atoms with van der Waals surface area (Å²) in [7, 11) is 0. The second kappa shape index (κ2) is 4.13. The van der Waals surface area contributed by atoms with Crippen molar-refractivity contribution >= 4 is 15.9 Å². The van der Waals surface area contributed by atoms with Crippen LogP contribution in [-0.4, -0.2) is 11.9 Å². The van der Waals surface area contributed by atoms with Gasteiger partial charge in [-0.2, -0.15) is 0 Å². The highest BCUT2D eigenvalue weighted by Crippen LogP contribution is 2.41. The van der Waals surface area contributed by atoms with Crippen LogP contribution in [0.15, 0.2) is 16.6 Å². The summed E-state index contributed by atoms with van der Waals surface area (Å²) in [6, 6.07) is 3.53. The van der Waals surface area contributed by atoms with Gasteiger partial charge in [0.15, 0.2) is 11.5 Å². The molecule has 0 saturated carbocycles. The highest BCUT2D eigenvalue weighted by atomic mass is 79.9. The molecule has 0 fully saturated rings. The van der Waals surface area contributed by atoms with Gasteiger partial charge < -0.3 is 14.6 Å². The number of ether oxygens (including phenoxy) is 2. The van der Waals surface area contributed by atoms with Crippen LogP contribution in [0.2, 0.25) is 0 Å². The molecule has 1 aliphatic heterocycles. The molecule has 1 unspecified atom stereocenters. The Morgan fingerprint density at radius 3 is 3.07 bits per heavy atom. The zero-order chi connectivity index (χ0) is 10.8. The maximum absolute atomic E-state index is 9.72. The number of terminal acetylenes is 1. The lowest BCUT2D eigenvalue weighted by molar-refractivity contribution is 0.172. The average molecular weight is 269 g/mol. The third-order valence-corrected chi connectivity index (χ3v) is 2.73. The second-order valence-electron chi connectivity index (χ2n) is 3.16. The van der Waals surface area contributed by atoms with E-state index < -0.39 is 6.10 Å². The molecule has 0 aliphatic carbocycles. The van der Waals surface area contributed by atoms with E-state index in [9.17, 15) is 5.11 Å². The Hall–Kier alpha value is -1.18. The lowest BCUT2D eigenvalue weighted by atomic mass is 10.1. The summed E-state index contributed by atoms with van der Waals surface area (Å²) in [6.45, 7) is 0.211. The number of aliphatic hydroxyl groups excluding tert-OH is 1. The van der Waals surface area contributed by atoms with Crippen molar-refractivity contribution in [3.63, 3.8) is 0 Å². The molecular formula is C11H9BrO3. The summed E-state index contributed by atoms with van der Waals surface area (Å²) in [5.41, 5.74) is 0.726. The van der Waals surface area contributed by atoms with Crippen LogP contribution in [-0.2, 0) is 0 Å². The molecule has 15 heavy (non-hydrogen) atoms. The predicted octanol–water partition coefficient (Wildman–Crippen LogP) is 2.23. The van der Waals surface area contributed by atoms with Crippen molar-refractivity contribution in [1.29, 1.82) is 0 Å². The zero-order valence-corrected chi connectivity index (χ0v) is 9.45. The quantitative estimate of drug-likeness (QED) is 0.837. The lowest BCUT2D eigenvalue weighted by Crippen LogP contribution is -1.96. The molecule has 4 heteroatoms. The Morgan fingerprint density at radius 1 is 1.53 bits per heavy atom. The molecule has 1 aromatic rings. The third-order valence-electron chi connectivity index (χ3n) is 2.15. The fraction of sp³-hybridized carbons (Fsp3) is 0.273. The first-order valence-corrected chi connectivity index (χ1v) is 5.22. The molecule has 2 rings (SSSR count). The maximum atomic E-state index is 9.72. The second-order valence-corrected chi connectivity index (χ2v) is 4.01. The van der Waals surface area contributed by atoms with Gasteiger partial charge in [0.1, 0.15) is 0 Å². The van der Waals surface area contributed by atoms with Crippen LogP contribution in [0.4, 0.5) is 0 Å². The fourth-order valence-electron chi connectivity index (χ4n) is 1.41. The van der Waals surface area contributed by atoms with Gasteiger partial charge >= 0.3 is 0 Å². The van der Waals surface area contributed by atoms with E-state index in [1.165, 1.54) is 0 Å². The molecule has 0 saturated heterocycles. The van der Waals surface area contributed by atoms with E-state index >= 15 is 0 Å². The van der Waals surface area contributed by atoms with Crippen molar-refractivity contribution in [3.05, 3.63) is 22.2 Å². The minimum absolute atomic E-state index is 0.211. The molecule has 0 aromatic heterocycles. The number of fused-ring (bicyclic) bond motifs is 1. The van der Waals surface area contributed by atoms with E-state index in [2.05, 4.69) is 21.9 Å². The van der Waals surface area contributed by atoms with Gasteiger partial charge in [0.05, 0.1) is 10.6 Å². The number of halogens is 1. The van der Waals surface area contributed by atoms with Gasteiger partial charge in [0.2, 0.25) is 6.79 Å². The Kier molecular flexibility index (Phi) is 2.85. The molecule has 1 aliphatic rings. The molecule has 3 nitrogen and oxygen atoms in total. The van der Waals surface area contributed by atoms with Crippen molar-refractivity contribution in [2.24, 2.45) is 0 Å². The first kappa shape index (κ1) is 10.3. The summed E-state index contributed by atoms with van der Waals surface area (Å²) in [6.07, 6.45) is 4.76. The van der Waals surface area contributed by atoms with Crippen LogP contribution in [0.1, 0.15) is 18.1 Å². The number of benzene rings is 1. The fourth-order valence-corrected chi connectivity index (χ4v) is 1.98. The SMILES string of the molecule is C#CCC(O)c1cc(Br)c2c(c1)OCO2. The van der Waals surface area contributed by atoms with Gasteiger partial charge in [-0.25, -0.2) is 0 Å². The van der Waals surface area contributed by atoms with Gasteiger partial charge in [0, 0.05) is 6.42 Å². The van der Waals surface area contributed by atoms with Gasteiger partial charge in [-0.05, 0) is 33.6 Å². The van der Waals surface area contributed by atoms with Crippen molar-refractivity contribution in [1.82, 2.24) is 0 Å². The van der Waals surface area contributed by atoms with Crippen LogP contribution in [0.25, 0.3) is 0 Å². The van der Waals surface area contributed by atoms with E-state index in [1.54, 1.807) is 12.1 Å². The Labute approximate surface area is 96.1 Å². The Balaban J connectivity index is 2.36. The highest BCUT2D eigenvalue weighted by Gasteiger charge is 2.20. The summed E-state index contributed by atoms with van der Waals surface area (Å²) in [5, 5.41) is 9.72. The lowest BCUT2D eigenvalue weighted by Gasteiger charge is -2.09. The van der Waals surface area contributed by atoms with Crippen molar-refractivity contribution in [3.8, 4) is 23.8 Å².